The normalized spacial score (nSPS) is 11.9. The van der Waals surface area contributed by atoms with Crippen molar-refractivity contribution in [3.8, 4) is 0 Å². The number of carboxylic acid groups (broad SMARTS) is 1. The molecule has 0 aliphatic carbocycles. The van der Waals surface area contributed by atoms with Gasteiger partial charge in [-0.15, -0.1) is 11.3 Å². The second kappa shape index (κ2) is 4.69. The number of hydrogen-bond acceptors (Lipinski definition) is 3. The van der Waals surface area contributed by atoms with E-state index in [4.69, 9.17) is 5.11 Å². The van der Waals surface area contributed by atoms with Crippen molar-refractivity contribution in [2.45, 2.75) is 39.0 Å². The summed E-state index contributed by atoms with van der Waals surface area (Å²) < 4.78 is 1.14. The van der Waals surface area contributed by atoms with Crippen LogP contribution in [0.4, 0.5) is 0 Å². The number of carboxylic acids is 1. The fourth-order valence-electron chi connectivity index (χ4n) is 1.92. The Morgan fingerprint density at radius 2 is 2.11 bits per heavy atom. The monoisotopic (exact) mass is 263 g/mol. The van der Waals surface area contributed by atoms with E-state index in [0.29, 0.717) is 6.42 Å². The van der Waals surface area contributed by atoms with Gasteiger partial charge in [0, 0.05) is 6.42 Å². The molecule has 0 radical (unpaired) electrons. The first-order valence-corrected chi connectivity index (χ1v) is 6.80. The Kier molecular flexibility index (Phi) is 3.39. The zero-order valence-electron chi connectivity index (χ0n) is 10.9. The lowest BCUT2D eigenvalue weighted by Gasteiger charge is -2.19. The van der Waals surface area contributed by atoms with Crippen LogP contribution < -0.4 is 0 Å². The highest BCUT2D eigenvalue weighted by atomic mass is 32.1. The first kappa shape index (κ1) is 13.0. The number of fused-ring (bicyclic) bond motifs is 1. The van der Waals surface area contributed by atoms with Gasteiger partial charge in [0.2, 0.25) is 0 Å². The van der Waals surface area contributed by atoms with Gasteiger partial charge in [-0.3, -0.25) is 4.79 Å². The predicted octanol–water partition coefficient (Wildman–Crippen LogP) is 3.61. The summed E-state index contributed by atoms with van der Waals surface area (Å²) in [6.07, 6.45) is 0.656. The number of nitrogens with zero attached hydrogens (tertiary/aromatic N) is 1. The standard InChI is InChI=1S/C14H17NO2S/c1-14(2,3)9-5-4-6-10-13(9)15-11(18-10)7-8-12(16)17/h4-6H,7-8H2,1-3H3,(H,16,17). The molecule has 0 amide bonds. The molecule has 96 valence electrons. The Bertz CT molecular complexity index is 581. The summed E-state index contributed by atoms with van der Waals surface area (Å²) in [4.78, 5) is 15.2. The fourth-order valence-corrected chi connectivity index (χ4v) is 2.91. The molecule has 0 aliphatic heterocycles. The Hall–Kier alpha value is -1.42. The molecule has 2 aromatic rings. The van der Waals surface area contributed by atoms with E-state index in [-0.39, 0.29) is 11.8 Å². The van der Waals surface area contributed by atoms with E-state index in [2.05, 4.69) is 31.8 Å². The van der Waals surface area contributed by atoms with Gasteiger partial charge in [0.25, 0.3) is 0 Å². The average molecular weight is 263 g/mol. The average Bonchev–Trinajstić information content (AvgIpc) is 2.66. The number of rotatable bonds is 3. The SMILES string of the molecule is CC(C)(C)c1cccc2sc(CCC(=O)O)nc12. The van der Waals surface area contributed by atoms with Gasteiger partial charge in [0.1, 0.15) is 0 Å². The molecule has 0 atom stereocenters. The van der Waals surface area contributed by atoms with Crippen LogP contribution in [0.3, 0.4) is 0 Å². The lowest BCUT2D eigenvalue weighted by Crippen LogP contribution is -2.11. The highest BCUT2D eigenvalue weighted by Gasteiger charge is 2.19. The Morgan fingerprint density at radius 3 is 2.72 bits per heavy atom. The van der Waals surface area contributed by atoms with Gasteiger partial charge in [-0.05, 0) is 17.0 Å². The third-order valence-electron chi connectivity index (χ3n) is 2.82. The smallest absolute Gasteiger partial charge is 0.303 e. The molecule has 3 nitrogen and oxygen atoms in total. The van der Waals surface area contributed by atoms with Gasteiger partial charge in [-0.1, -0.05) is 32.9 Å². The highest BCUT2D eigenvalue weighted by Crippen LogP contribution is 2.32. The van der Waals surface area contributed by atoms with Crippen LogP contribution in [0.1, 0.15) is 37.8 Å². The molecule has 0 saturated carbocycles. The number of carbonyl (C=O) groups is 1. The van der Waals surface area contributed by atoms with Crippen LogP contribution in [0.5, 0.6) is 0 Å². The zero-order valence-corrected chi connectivity index (χ0v) is 11.7. The van der Waals surface area contributed by atoms with Crippen molar-refractivity contribution in [2.24, 2.45) is 0 Å². The lowest BCUT2D eigenvalue weighted by atomic mass is 9.86. The second-order valence-corrected chi connectivity index (χ2v) is 6.52. The molecule has 2 rings (SSSR count). The van der Waals surface area contributed by atoms with E-state index in [1.165, 1.54) is 5.56 Å². The molecule has 1 aromatic carbocycles. The number of aryl methyl sites for hydroxylation is 1. The minimum atomic E-state index is -0.773. The molecule has 0 spiro atoms. The minimum Gasteiger partial charge on any atom is -0.481 e. The number of aliphatic carboxylic acids is 1. The molecule has 0 aliphatic rings. The Balaban J connectivity index is 2.42. The van der Waals surface area contributed by atoms with Gasteiger partial charge >= 0.3 is 5.97 Å². The van der Waals surface area contributed by atoms with Crippen molar-refractivity contribution < 1.29 is 9.90 Å². The summed E-state index contributed by atoms with van der Waals surface area (Å²) in [7, 11) is 0. The molecule has 1 heterocycles. The van der Waals surface area contributed by atoms with Crippen molar-refractivity contribution in [2.75, 3.05) is 0 Å². The second-order valence-electron chi connectivity index (χ2n) is 5.40. The molecule has 0 bridgehead atoms. The van der Waals surface area contributed by atoms with E-state index in [9.17, 15) is 4.79 Å². The van der Waals surface area contributed by atoms with Crippen LogP contribution in [0, 0.1) is 0 Å². The first-order chi connectivity index (χ1) is 8.38. The number of thiazole rings is 1. The fraction of sp³-hybridized carbons (Fsp3) is 0.429. The molecule has 4 heteroatoms. The molecule has 1 N–H and O–H groups in total. The summed E-state index contributed by atoms with van der Waals surface area (Å²) in [6, 6.07) is 6.19. The molecular formula is C14H17NO2S. The summed E-state index contributed by atoms with van der Waals surface area (Å²) in [5.41, 5.74) is 2.30. The van der Waals surface area contributed by atoms with Crippen LogP contribution in [0.2, 0.25) is 0 Å². The van der Waals surface area contributed by atoms with Gasteiger partial charge in [-0.25, -0.2) is 4.98 Å². The third-order valence-corrected chi connectivity index (χ3v) is 3.90. The van der Waals surface area contributed by atoms with Crippen LogP contribution in [0.15, 0.2) is 18.2 Å². The summed E-state index contributed by atoms with van der Waals surface area (Å²) in [5.74, 6) is -0.773. The van der Waals surface area contributed by atoms with Crippen LogP contribution in [-0.4, -0.2) is 16.1 Å². The molecule has 0 unspecified atom stereocenters. The Labute approximate surface area is 110 Å². The number of aromatic nitrogens is 1. The largest absolute Gasteiger partial charge is 0.481 e. The van der Waals surface area contributed by atoms with Gasteiger partial charge in [0.05, 0.1) is 21.6 Å². The summed E-state index contributed by atoms with van der Waals surface area (Å²) in [6.45, 7) is 6.49. The van der Waals surface area contributed by atoms with E-state index in [1.807, 2.05) is 12.1 Å². The summed E-state index contributed by atoms with van der Waals surface area (Å²) in [5, 5.41) is 9.62. The van der Waals surface area contributed by atoms with Crippen LogP contribution in [0.25, 0.3) is 10.2 Å². The van der Waals surface area contributed by atoms with Gasteiger partial charge < -0.3 is 5.11 Å². The zero-order chi connectivity index (χ0) is 13.3. The Morgan fingerprint density at radius 1 is 1.39 bits per heavy atom. The molecule has 0 fully saturated rings. The van der Waals surface area contributed by atoms with Gasteiger partial charge in [0.15, 0.2) is 0 Å². The molecular weight excluding hydrogens is 246 g/mol. The lowest BCUT2D eigenvalue weighted by molar-refractivity contribution is -0.136. The minimum absolute atomic E-state index is 0.0532. The van der Waals surface area contributed by atoms with E-state index in [0.717, 1.165) is 15.2 Å². The maximum absolute atomic E-state index is 10.6. The van der Waals surface area contributed by atoms with E-state index in [1.54, 1.807) is 11.3 Å². The summed E-state index contributed by atoms with van der Waals surface area (Å²) >= 11 is 1.60. The van der Waals surface area contributed by atoms with Crippen LogP contribution in [-0.2, 0) is 16.6 Å². The maximum atomic E-state index is 10.6. The van der Waals surface area contributed by atoms with E-state index < -0.39 is 5.97 Å². The van der Waals surface area contributed by atoms with Crippen molar-refractivity contribution in [1.82, 2.24) is 4.98 Å². The number of benzene rings is 1. The maximum Gasteiger partial charge on any atom is 0.303 e. The molecule has 18 heavy (non-hydrogen) atoms. The van der Waals surface area contributed by atoms with Gasteiger partial charge in [-0.2, -0.15) is 0 Å². The van der Waals surface area contributed by atoms with Crippen molar-refractivity contribution in [3.05, 3.63) is 28.8 Å². The third kappa shape index (κ3) is 2.70. The van der Waals surface area contributed by atoms with Crippen molar-refractivity contribution >= 4 is 27.5 Å². The predicted molar refractivity (Wildman–Crippen MR) is 74.3 cm³/mol. The molecule has 1 aromatic heterocycles. The topological polar surface area (TPSA) is 50.2 Å². The van der Waals surface area contributed by atoms with Crippen LogP contribution >= 0.6 is 11.3 Å². The van der Waals surface area contributed by atoms with Crippen molar-refractivity contribution in [1.29, 1.82) is 0 Å². The molecule has 0 saturated heterocycles. The number of para-hydroxylation sites is 1. The first-order valence-electron chi connectivity index (χ1n) is 5.98. The van der Waals surface area contributed by atoms with Crippen molar-refractivity contribution in [3.63, 3.8) is 0 Å². The number of hydrogen-bond donors (Lipinski definition) is 1. The van der Waals surface area contributed by atoms with E-state index >= 15 is 0 Å². The highest BCUT2D eigenvalue weighted by molar-refractivity contribution is 7.18. The quantitative estimate of drug-likeness (QED) is 0.920.